The average Bonchev–Trinajstić information content (AvgIpc) is 2.58. The van der Waals surface area contributed by atoms with Crippen molar-refractivity contribution >= 4 is 24.1 Å². The second kappa shape index (κ2) is 7.88. The molecule has 1 aromatic heterocycles. The quantitative estimate of drug-likeness (QED) is 0.472. The molecule has 0 bridgehead atoms. The third kappa shape index (κ3) is 3.89. The van der Waals surface area contributed by atoms with Crippen LogP contribution in [0.5, 0.6) is 5.88 Å². The molecule has 1 aromatic carbocycles. The summed E-state index contributed by atoms with van der Waals surface area (Å²) in [6, 6.07) is 7.83. The predicted molar refractivity (Wildman–Crippen MR) is 100 cm³/mol. The number of allylic oxidation sites excluding steroid dienone is 1. The summed E-state index contributed by atoms with van der Waals surface area (Å²) >= 11 is 5.03. The van der Waals surface area contributed by atoms with E-state index in [-0.39, 0.29) is 16.2 Å². The smallest absolute Gasteiger partial charge is 0.264 e. The van der Waals surface area contributed by atoms with Crippen LogP contribution >= 0.6 is 12.2 Å². The Morgan fingerprint density at radius 3 is 2.67 bits per heavy atom. The van der Waals surface area contributed by atoms with Gasteiger partial charge in [0.15, 0.2) is 4.77 Å². The van der Waals surface area contributed by atoms with Gasteiger partial charge in [-0.15, -0.1) is 6.58 Å². The minimum Gasteiger partial charge on any atom is -0.494 e. The van der Waals surface area contributed by atoms with Crippen molar-refractivity contribution < 1.29 is 5.11 Å². The molecule has 0 unspecified atom stereocenters. The number of aromatic amines is 1. The molecule has 2 aromatic rings. The Morgan fingerprint density at radius 1 is 1.42 bits per heavy atom. The second-order valence-corrected chi connectivity index (χ2v) is 5.94. The lowest BCUT2D eigenvalue weighted by Gasteiger charge is -2.09. The molecular formula is C18H21N3O2S. The van der Waals surface area contributed by atoms with Crippen molar-refractivity contribution in [1.82, 2.24) is 9.55 Å². The van der Waals surface area contributed by atoms with Crippen molar-refractivity contribution in [2.24, 2.45) is 4.99 Å². The number of hydrogen-bond acceptors (Lipinski definition) is 4. The van der Waals surface area contributed by atoms with Gasteiger partial charge in [0.1, 0.15) is 5.56 Å². The fourth-order valence-electron chi connectivity index (χ4n) is 2.25. The molecule has 0 amide bonds. The van der Waals surface area contributed by atoms with E-state index in [2.05, 4.69) is 30.4 Å². The summed E-state index contributed by atoms with van der Waals surface area (Å²) in [5.74, 6) is 0.274. The first kappa shape index (κ1) is 17.9. The van der Waals surface area contributed by atoms with Crippen LogP contribution in [-0.4, -0.2) is 20.9 Å². The lowest BCUT2D eigenvalue weighted by atomic mass is 9.99. The normalized spacial score (nSPS) is 12.4. The maximum atomic E-state index is 12.0. The van der Waals surface area contributed by atoms with E-state index >= 15 is 0 Å². The molecule has 0 radical (unpaired) electrons. The van der Waals surface area contributed by atoms with Gasteiger partial charge in [-0.25, -0.2) is 0 Å². The SMILES string of the molecule is C=CCn1c(O)c(C=Nc2ccc([C@@H](C)CC)cc2)c(=O)[nH]c1=S. The van der Waals surface area contributed by atoms with Crippen molar-refractivity contribution in [2.45, 2.75) is 32.7 Å². The van der Waals surface area contributed by atoms with Gasteiger partial charge in [-0.2, -0.15) is 0 Å². The Bertz CT molecular complexity index is 863. The fraction of sp³-hybridized carbons (Fsp3) is 0.278. The van der Waals surface area contributed by atoms with E-state index in [1.165, 1.54) is 16.3 Å². The van der Waals surface area contributed by atoms with Crippen molar-refractivity contribution in [3.8, 4) is 5.88 Å². The molecule has 0 aliphatic rings. The highest BCUT2D eigenvalue weighted by Crippen LogP contribution is 2.22. The maximum absolute atomic E-state index is 12.0. The van der Waals surface area contributed by atoms with Crippen LogP contribution in [0.3, 0.4) is 0 Å². The van der Waals surface area contributed by atoms with E-state index in [4.69, 9.17) is 12.2 Å². The monoisotopic (exact) mass is 343 g/mol. The molecule has 6 heteroatoms. The predicted octanol–water partition coefficient (Wildman–Crippen LogP) is 4.06. The van der Waals surface area contributed by atoms with Crippen molar-refractivity contribution in [3.63, 3.8) is 0 Å². The minimum absolute atomic E-state index is 0.0662. The van der Waals surface area contributed by atoms with Crippen LogP contribution in [0.4, 0.5) is 5.69 Å². The van der Waals surface area contributed by atoms with E-state index in [9.17, 15) is 9.90 Å². The molecule has 0 aliphatic carbocycles. The highest BCUT2D eigenvalue weighted by molar-refractivity contribution is 7.71. The van der Waals surface area contributed by atoms with Crippen LogP contribution in [-0.2, 0) is 6.54 Å². The summed E-state index contributed by atoms with van der Waals surface area (Å²) in [4.78, 5) is 18.8. The van der Waals surface area contributed by atoms with E-state index in [1.807, 2.05) is 24.3 Å². The van der Waals surface area contributed by atoms with Crippen molar-refractivity contribution in [1.29, 1.82) is 0 Å². The van der Waals surface area contributed by atoms with Crippen LogP contribution in [0.25, 0.3) is 0 Å². The van der Waals surface area contributed by atoms with Gasteiger partial charge < -0.3 is 5.11 Å². The topological polar surface area (TPSA) is 70.4 Å². The first-order chi connectivity index (χ1) is 11.5. The number of H-pyrrole nitrogens is 1. The van der Waals surface area contributed by atoms with Gasteiger partial charge in [0, 0.05) is 12.8 Å². The zero-order chi connectivity index (χ0) is 17.7. The van der Waals surface area contributed by atoms with Gasteiger partial charge in [-0.05, 0) is 42.3 Å². The summed E-state index contributed by atoms with van der Waals surface area (Å²) in [5, 5.41) is 10.2. The molecule has 0 saturated carbocycles. The van der Waals surface area contributed by atoms with E-state index in [0.717, 1.165) is 6.42 Å². The van der Waals surface area contributed by atoms with Crippen LogP contribution < -0.4 is 5.56 Å². The Labute approximate surface area is 146 Å². The van der Waals surface area contributed by atoms with E-state index < -0.39 is 5.56 Å². The molecule has 2 N–H and O–H groups in total. The van der Waals surface area contributed by atoms with Crippen LogP contribution in [0, 0.1) is 4.77 Å². The van der Waals surface area contributed by atoms with Gasteiger partial charge in [-0.3, -0.25) is 19.3 Å². The number of aliphatic imine (C=N–C) groups is 1. The third-order valence-electron chi connectivity index (χ3n) is 3.94. The lowest BCUT2D eigenvalue weighted by molar-refractivity contribution is 0.413. The van der Waals surface area contributed by atoms with E-state index in [0.29, 0.717) is 18.2 Å². The Hall–Kier alpha value is -2.47. The molecule has 0 saturated heterocycles. The second-order valence-electron chi connectivity index (χ2n) is 5.55. The number of aromatic nitrogens is 2. The highest BCUT2D eigenvalue weighted by atomic mass is 32.1. The van der Waals surface area contributed by atoms with Gasteiger partial charge in [0.05, 0.1) is 5.69 Å². The first-order valence-electron chi connectivity index (χ1n) is 7.79. The van der Waals surface area contributed by atoms with Gasteiger partial charge in [-0.1, -0.05) is 32.1 Å². The van der Waals surface area contributed by atoms with Crippen LogP contribution in [0.1, 0.15) is 37.3 Å². The number of nitrogens with one attached hydrogen (secondary N) is 1. The molecule has 126 valence electrons. The maximum Gasteiger partial charge on any atom is 0.264 e. The first-order valence-corrected chi connectivity index (χ1v) is 8.19. The van der Waals surface area contributed by atoms with Crippen LogP contribution in [0.15, 0.2) is 46.7 Å². The molecule has 0 aliphatic heterocycles. The Kier molecular flexibility index (Phi) is 5.87. The van der Waals surface area contributed by atoms with Crippen LogP contribution in [0.2, 0.25) is 0 Å². The molecule has 24 heavy (non-hydrogen) atoms. The minimum atomic E-state index is -0.474. The summed E-state index contributed by atoms with van der Waals surface area (Å²) in [5.41, 5.74) is 1.55. The molecule has 2 rings (SSSR count). The largest absolute Gasteiger partial charge is 0.494 e. The zero-order valence-electron chi connectivity index (χ0n) is 13.8. The number of rotatable bonds is 6. The summed E-state index contributed by atoms with van der Waals surface area (Å²) < 4.78 is 1.53. The fourth-order valence-corrected chi connectivity index (χ4v) is 2.51. The number of nitrogens with zero attached hydrogens (tertiary/aromatic N) is 2. The summed E-state index contributed by atoms with van der Waals surface area (Å²) in [6.07, 6.45) is 4.01. The number of benzene rings is 1. The molecule has 1 atom stereocenters. The standard InChI is InChI=1S/C18H21N3O2S/c1-4-10-21-17(23)15(16(22)20-18(21)24)11-19-14-8-6-13(7-9-14)12(3)5-2/h4,6-9,11-12,23H,1,5,10H2,2-3H3,(H,20,22,24)/t12-/m0/s1. The molecule has 0 fully saturated rings. The molecule has 0 spiro atoms. The average molecular weight is 343 g/mol. The lowest BCUT2D eigenvalue weighted by Crippen LogP contribution is -2.18. The third-order valence-corrected chi connectivity index (χ3v) is 4.26. The molecular weight excluding hydrogens is 322 g/mol. The number of hydrogen-bond donors (Lipinski definition) is 2. The van der Waals surface area contributed by atoms with Gasteiger partial charge in [0.25, 0.3) is 5.56 Å². The molecule has 5 nitrogen and oxygen atoms in total. The van der Waals surface area contributed by atoms with Crippen molar-refractivity contribution in [2.75, 3.05) is 0 Å². The highest BCUT2D eigenvalue weighted by Gasteiger charge is 2.10. The summed E-state index contributed by atoms with van der Waals surface area (Å²) in [7, 11) is 0. The zero-order valence-corrected chi connectivity index (χ0v) is 14.6. The number of aromatic hydroxyl groups is 1. The summed E-state index contributed by atoms with van der Waals surface area (Å²) in [6.45, 7) is 8.22. The van der Waals surface area contributed by atoms with Crippen molar-refractivity contribution in [3.05, 3.63) is 63.2 Å². The van der Waals surface area contributed by atoms with E-state index in [1.54, 1.807) is 6.08 Å². The Balaban J connectivity index is 2.35. The van der Waals surface area contributed by atoms with Gasteiger partial charge >= 0.3 is 0 Å². The Morgan fingerprint density at radius 2 is 2.08 bits per heavy atom. The molecule has 1 heterocycles. The van der Waals surface area contributed by atoms with Gasteiger partial charge in [0.2, 0.25) is 5.88 Å².